The van der Waals surface area contributed by atoms with Crippen molar-refractivity contribution < 1.29 is 13.6 Å². The third-order valence-electron chi connectivity index (χ3n) is 4.35. The molecule has 3 aromatic rings. The summed E-state index contributed by atoms with van der Waals surface area (Å²) < 4.78 is 19.8. The topological polar surface area (TPSA) is 43.1 Å². The molecule has 0 unspecified atom stereocenters. The molecule has 0 saturated carbocycles. The van der Waals surface area contributed by atoms with Crippen LogP contribution in [0.3, 0.4) is 0 Å². The van der Waals surface area contributed by atoms with Gasteiger partial charge in [0.25, 0.3) is 0 Å². The number of carbonyl (C=O) groups is 1. The predicted molar refractivity (Wildman–Crippen MR) is 97.5 cm³/mol. The number of hydrogen-bond donors (Lipinski definition) is 0. The minimum atomic E-state index is -0.259. The molecular formula is C21H22FNO2. The summed E-state index contributed by atoms with van der Waals surface area (Å²) in [5, 5.41) is 0. The van der Waals surface area contributed by atoms with E-state index in [0.717, 1.165) is 5.56 Å². The maximum absolute atomic E-state index is 14.0. The number of nitrogens with zero attached hydrogens (tertiary/aromatic N) is 1. The maximum atomic E-state index is 14.0. The van der Waals surface area contributed by atoms with Gasteiger partial charge < -0.3 is 4.42 Å². The summed E-state index contributed by atoms with van der Waals surface area (Å²) in [4.78, 5) is 16.6. The van der Waals surface area contributed by atoms with Crippen LogP contribution in [0.15, 0.2) is 34.7 Å². The molecule has 3 rings (SSSR count). The van der Waals surface area contributed by atoms with Crippen molar-refractivity contribution in [2.75, 3.05) is 0 Å². The van der Waals surface area contributed by atoms with E-state index in [2.05, 4.69) is 25.8 Å². The van der Waals surface area contributed by atoms with E-state index in [4.69, 9.17) is 4.42 Å². The monoisotopic (exact) mass is 339 g/mol. The third kappa shape index (κ3) is 3.21. The van der Waals surface area contributed by atoms with Gasteiger partial charge in [-0.1, -0.05) is 39.8 Å². The number of pyridine rings is 1. The Hall–Kier alpha value is -2.49. The van der Waals surface area contributed by atoms with Gasteiger partial charge in [-0.05, 0) is 30.0 Å². The number of fused-ring (bicyclic) bond motifs is 1. The van der Waals surface area contributed by atoms with Gasteiger partial charge in [-0.15, -0.1) is 0 Å². The second kappa shape index (κ2) is 6.10. The number of ketones is 1. The molecule has 0 spiro atoms. The minimum absolute atomic E-state index is 0.0548. The number of halogens is 1. The first kappa shape index (κ1) is 17.3. The lowest BCUT2D eigenvalue weighted by molar-refractivity contribution is 0.0963. The number of benzene rings is 1. The quantitative estimate of drug-likeness (QED) is 0.564. The lowest BCUT2D eigenvalue weighted by Gasteiger charge is -2.20. The molecular weight excluding hydrogens is 317 g/mol. The van der Waals surface area contributed by atoms with Gasteiger partial charge in [0, 0.05) is 23.6 Å². The molecule has 1 aromatic carbocycles. The number of rotatable bonds is 3. The molecule has 0 amide bonds. The van der Waals surface area contributed by atoms with E-state index >= 15 is 0 Å². The Balaban J connectivity index is 2.27. The first-order chi connectivity index (χ1) is 11.7. The van der Waals surface area contributed by atoms with Gasteiger partial charge in [0.1, 0.15) is 11.3 Å². The molecule has 2 heterocycles. The molecule has 0 fully saturated rings. The van der Waals surface area contributed by atoms with Crippen LogP contribution in [0.1, 0.15) is 55.8 Å². The molecule has 0 radical (unpaired) electrons. The third-order valence-corrected chi connectivity index (χ3v) is 4.35. The van der Waals surface area contributed by atoms with Crippen molar-refractivity contribution in [3.63, 3.8) is 0 Å². The van der Waals surface area contributed by atoms with Gasteiger partial charge in [0.2, 0.25) is 0 Å². The highest BCUT2D eigenvalue weighted by atomic mass is 19.1. The minimum Gasteiger partial charge on any atom is -0.451 e. The van der Waals surface area contributed by atoms with Crippen LogP contribution in [-0.2, 0) is 5.41 Å². The summed E-state index contributed by atoms with van der Waals surface area (Å²) in [5.74, 6) is 0.00859. The lowest BCUT2D eigenvalue weighted by atomic mass is 9.86. The van der Waals surface area contributed by atoms with Crippen molar-refractivity contribution in [1.82, 2.24) is 4.98 Å². The van der Waals surface area contributed by atoms with Gasteiger partial charge in [0.15, 0.2) is 17.1 Å². The zero-order valence-electron chi connectivity index (χ0n) is 15.2. The molecule has 25 heavy (non-hydrogen) atoms. The first-order valence-corrected chi connectivity index (χ1v) is 8.45. The van der Waals surface area contributed by atoms with Crippen molar-refractivity contribution in [1.29, 1.82) is 0 Å². The van der Waals surface area contributed by atoms with Gasteiger partial charge in [-0.25, -0.2) is 9.37 Å². The summed E-state index contributed by atoms with van der Waals surface area (Å²) >= 11 is 0. The van der Waals surface area contributed by atoms with E-state index in [1.165, 1.54) is 6.07 Å². The van der Waals surface area contributed by atoms with E-state index in [0.29, 0.717) is 40.1 Å². The fourth-order valence-electron chi connectivity index (χ4n) is 2.79. The zero-order valence-corrected chi connectivity index (χ0v) is 15.2. The maximum Gasteiger partial charge on any atom is 0.197 e. The average Bonchev–Trinajstić information content (AvgIpc) is 2.98. The standard InChI is InChI=1S/C21H22FNO2/c1-6-18(24)19-11-17-20(25-19)14(21(3,4)5)10-16(23-17)13-8-7-12(2)15(22)9-13/h7-11H,6H2,1-5H3. The predicted octanol–water partition coefficient (Wildman–Crippen LogP) is 5.83. The smallest absolute Gasteiger partial charge is 0.197 e. The Bertz CT molecular complexity index is 964. The Morgan fingerprint density at radius 3 is 2.52 bits per heavy atom. The summed E-state index contributed by atoms with van der Waals surface area (Å²) in [6.07, 6.45) is 0.376. The van der Waals surface area contributed by atoms with Gasteiger partial charge >= 0.3 is 0 Å². The zero-order chi connectivity index (χ0) is 18.4. The van der Waals surface area contributed by atoms with Crippen molar-refractivity contribution in [2.24, 2.45) is 0 Å². The molecule has 130 valence electrons. The van der Waals surface area contributed by atoms with E-state index in [1.807, 2.05) is 12.1 Å². The molecule has 0 saturated heterocycles. The highest BCUT2D eigenvalue weighted by molar-refractivity contribution is 5.97. The molecule has 0 aliphatic carbocycles. The fourth-order valence-corrected chi connectivity index (χ4v) is 2.79. The molecule has 3 nitrogen and oxygen atoms in total. The van der Waals surface area contributed by atoms with Crippen molar-refractivity contribution in [3.8, 4) is 11.3 Å². The van der Waals surface area contributed by atoms with Crippen LogP contribution < -0.4 is 0 Å². The SMILES string of the molecule is CCC(=O)c1cc2nc(-c3ccc(C)c(F)c3)cc(C(C)(C)C)c2o1. The van der Waals surface area contributed by atoms with Crippen LogP contribution >= 0.6 is 0 Å². The second-order valence-electron chi connectivity index (χ2n) is 7.37. The highest BCUT2D eigenvalue weighted by Gasteiger charge is 2.23. The Labute approximate surface area is 146 Å². The average molecular weight is 339 g/mol. The number of hydrogen-bond acceptors (Lipinski definition) is 3. The number of aromatic nitrogens is 1. The van der Waals surface area contributed by atoms with Crippen LogP contribution in [0, 0.1) is 12.7 Å². The van der Waals surface area contributed by atoms with E-state index in [-0.39, 0.29) is 17.0 Å². The summed E-state index contributed by atoms with van der Waals surface area (Å²) in [6, 6.07) is 8.71. The largest absolute Gasteiger partial charge is 0.451 e. The molecule has 0 N–H and O–H groups in total. The van der Waals surface area contributed by atoms with Crippen LogP contribution in [-0.4, -0.2) is 10.8 Å². The van der Waals surface area contributed by atoms with E-state index < -0.39 is 0 Å². The molecule has 2 aromatic heterocycles. The van der Waals surface area contributed by atoms with E-state index in [1.54, 1.807) is 26.0 Å². The number of furan rings is 1. The Morgan fingerprint density at radius 2 is 1.92 bits per heavy atom. The van der Waals surface area contributed by atoms with Crippen molar-refractivity contribution in [3.05, 3.63) is 53.0 Å². The lowest BCUT2D eigenvalue weighted by Crippen LogP contribution is -2.12. The van der Waals surface area contributed by atoms with Crippen LogP contribution in [0.4, 0.5) is 4.39 Å². The fraction of sp³-hybridized carbons (Fsp3) is 0.333. The molecule has 0 bridgehead atoms. The Morgan fingerprint density at radius 1 is 1.20 bits per heavy atom. The van der Waals surface area contributed by atoms with Crippen LogP contribution in [0.25, 0.3) is 22.4 Å². The summed E-state index contributed by atoms with van der Waals surface area (Å²) in [5.41, 5.74) is 3.97. The normalized spacial score (nSPS) is 11.9. The number of carbonyl (C=O) groups excluding carboxylic acids is 1. The number of aryl methyl sites for hydroxylation is 1. The van der Waals surface area contributed by atoms with E-state index in [9.17, 15) is 9.18 Å². The molecule has 0 atom stereocenters. The molecule has 0 aliphatic heterocycles. The molecule has 4 heteroatoms. The second-order valence-corrected chi connectivity index (χ2v) is 7.37. The van der Waals surface area contributed by atoms with Crippen molar-refractivity contribution >= 4 is 16.9 Å². The first-order valence-electron chi connectivity index (χ1n) is 8.45. The van der Waals surface area contributed by atoms with Crippen LogP contribution in [0.5, 0.6) is 0 Å². The van der Waals surface area contributed by atoms with Gasteiger partial charge in [-0.2, -0.15) is 0 Å². The highest BCUT2D eigenvalue weighted by Crippen LogP contribution is 2.35. The van der Waals surface area contributed by atoms with Crippen molar-refractivity contribution in [2.45, 2.75) is 46.5 Å². The van der Waals surface area contributed by atoms with Gasteiger partial charge in [0.05, 0.1) is 5.69 Å². The van der Waals surface area contributed by atoms with Gasteiger partial charge in [-0.3, -0.25) is 4.79 Å². The van der Waals surface area contributed by atoms with Crippen LogP contribution in [0.2, 0.25) is 0 Å². The Kier molecular flexibility index (Phi) is 4.23. The summed E-state index contributed by atoms with van der Waals surface area (Å²) in [6.45, 7) is 9.75. The summed E-state index contributed by atoms with van der Waals surface area (Å²) in [7, 11) is 0. The molecule has 0 aliphatic rings. The number of Topliss-reactive ketones (excluding diaryl/α,β-unsaturated/α-hetero) is 1.